The highest BCUT2D eigenvalue weighted by Crippen LogP contribution is 2.34. The minimum Gasteiger partial charge on any atom is -0.333 e. The summed E-state index contributed by atoms with van der Waals surface area (Å²) in [5.41, 5.74) is 3.29. The number of sulfonamides is 1. The Morgan fingerprint density at radius 1 is 1.08 bits per heavy atom. The number of aromatic nitrogens is 5. The van der Waals surface area contributed by atoms with Crippen molar-refractivity contribution in [3.63, 3.8) is 0 Å². The maximum absolute atomic E-state index is 13.4. The number of hydrogen-bond acceptors (Lipinski definition) is 6. The second kappa shape index (κ2) is 9.34. The number of halogens is 1. The molecule has 1 aliphatic rings. The van der Waals surface area contributed by atoms with Crippen LogP contribution in [0.1, 0.15) is 31.0 Å². The van der Waals surface area contributed by atoms with Gasteiger partial charge in [0.2, 0.25) is 10.9 Å². The van der Waals surface area contributed by atoms with E-state index < -0.39 is 16.1 Å². The number of fused-ring (bicyclic) bond motifs is 1. The van der Waals surface area contributed by atoms with Gasteiger partial charge >= 0.3 is 0 Å². The minimum atomic E-state index is -3.89. The monoisotopic (exact) mass is 525 g/mol. The number of nitrogens with zero attached hydrogens (tertiary/aromatic N) is 7. The first-order chi connectivity index (χ1) is 17.6. The molecule has 1 saturated heterocycles. The van der Waals surface area contributed by atoms with E-state index in [4.69, 9.17) is 0 Å². The number of piperazine rings is 1. The Bertz CT molecular complexity index is 1580. The fraction of sp³-hybridized carbons (Fsp3) is 0.360. The summed E-state index contributed by atoms with van der Waals surface area (Å²) in [6.45, 7) is 6.13. The second-order valence-corrected chi connectivity index (χ2v) is 11.4. The highest BCUT2D eigenvalue weighted by molar-refractivity contribution is 7.89. The summed E-state index contributed by atoms with van der Waals surface area (Å²) in [6, 6.07) is 9.51. The molecule has 10 nitrogen and oxygen atoms in total. The molecular formula is C25H28FN7O3S. The Kier molecular flexibility index (Phi) is 6.32. The van der Waals surface area contributed by atoms with Crippen molar-refractivity contribution in [2.24, 2.45) is 13.0 Å². The highest BCUT2D eigenvalue weighted by Gasteiger charge is 2.39. The minimum absolute atomic E-state index is 0.0388. The Morgan fingerprint density at radius 3 is 2.46 bits per heavy atom. The summed E-state index contributed by atoms with van der Waals surface area (Å²) in [6.07, 6.45) is 2.95. The predicted octanol–water partition coefficient (Wildman–Crippen LogP) is 2.83. The van der Waals surface area contributed by atoms with E-state index >= 15 is 0 Å². The van der Waals surface area contributed by atoms with Crippen LogP contribution in [0.25, 0.3) is 16.6 Å². The zero-order valence-corrected chi connectivity index (χ0v) is 21.9. The van der Waals surface area contributed by atoms with Crippen LogP contribution in [0.2, 0.25) is 0 Å². The van der Waals surface area contributed by atoms with E-state index in [0.29, 0.717) is 0 Å². The number of benzene rings is 2. The van der Waals surface area contributed by atoms with Gasteiger partial charge in [-0.1, -0.05) is 13.8 Å². The molecule has 0 N–H and O–H groups in total. The van der Waals surface area contributed by atoms with Crippen molar-refractivity contribution < 1.29 is 17.6 Å². The van der Waals surface area contributed by atoms with Gasteiger partial charge < -0.3 is 4.90 Å². The van der Waals surface area contributed by atoms with E-state index in [2.05, 4.69) is 15.3 Å². The first kappa shape index (κ1) is 25.0. The molecule has 2 aromatic heterocycles. The quantitative estimate of drug-likeness (QED) is 0.397. The molecule has 0 aliphatic carbocycles. The average Bonchev–Trinajstić information content (AvgIpc) is 3.49. The zero-order chi connectivity index (χ0) is 26.5. The van der Waals surface area contributed by atoms with Crippen LogP contribution < -0.4 is 0 Å². The topological polar surface area (TPSA) is 106 Å². The fourth-order valence-electron chi connectivity index (χ4n) is 4.76. The zero-order valence-electron chi connectivity index (χ0n) is 21.0. The number of carbonyl (C=O) groups excluding carboxylic acids is 1. The van der Waals surface area contributed by atoms with Gasteiger partial charge in [0.25, 0.3) is 10.0 Å². The van der Waals surface area contributed by atoms with Crippen LogP contribution in [0.5, 0.6) is 0 Å². The summed E-state index contributed by atoms with van der Waals surface area (Å²) < 4.78 is 43.2. The molecular weight excluding hydrogens is 497 g/mol. The van der Waals surface area contributed by atoms with Crippen molar-refractivity contribution in [2.45, 2.75) is 31.8 Å². The molecule has 0 spiro atoms. The van der Waals surface area contributed by atoms with Crippen molar-refractivity contribution in [2.75, 3.05) is 19.6 Å². The van der Waals surface area contributed by atoms with Gasteiger partial charge in [-0.05, 0) is 54.4 Å². The van der Waals surface area contributed by atoms with E-state index in [9.17, 15) is 17.6 Å². The van der Waals surface area contributed by atoms with Gasteiger partial charge in [-0.15, -0.1) is 5.10 Å². The molecule has 1 aliphatic heterocycles. The third kappa shape index (κ3) is 4.51. The van der Waals surface area contributed by atoms with Gasteiger partial charge in [0, 0.05) is 38.0 Å². The summed E-state index contributed by atoms with van der Waals surface area (Å²) in [4.78, 5) is 16.2. The molecule has 0 saturated carbocycles. The van der Waals surface area contributed by atoms with Gasteiger partial charge in [-0.25, -0.2) is 17.5 Å². The van der Waals surface area contributed by atoms with E-state index in [1.807, 2.05) is 32.9 Å². The molecule has 0 bridgehead atoms. The molecule has 1 unspecified atom stereocenters. The maximum atomic E-state index is 13.4. The van der Waals surface area contributed by atoms with Crippen LogP contribution in [0.3, 0.4) is 0 Å². The number of carbonyl (C=O) groups is 1. The third-order valence-corrected chi connectivity index (χ3v) is 8.42. The van der Waals surface area contributed by atoms with Crippen molar-refractivity contribution in [1.29, 1.82) is 0 Å². The van der Waals surface area contributed by atoms with E-state index in [-0.39, 0.29) is 42.3 Å². The highest BCUT2D eigenvalue weighted by atomic mass is 32.2. The normalized spacial score (nSPS) is 17.1. The molecule has 3 heterocycles. The molecule has 2 aromatic carbocycles. The lowest BCUT2D eigenvalue weighted by molar-refractivity contribution is -0.138. The predicted molar refractivity (Wildman–Crippen MR) is 135 cm³/mol. The van der Waals surface area contributed by atoms with Gasteiger partial charge in [-0.2, -0.15) is 19.3 Å². The Morgan fingerprint density at radius 2 is 1.81 bits per heavy atom. The van der Waals surface area contributed by atoms with Gasteiger partial charge in [0.05, 0.1) is 29.6 Å². The van der Waals surface area contributed by atoms with Crippen molar-refractivity contribution >= 4 is 26.8 Å². The standard InChI is InChI=1S/C25H28FN7O3S/c1-16(2)25(34)32-10-9-31(37(35,36)24-14-27-30(4)29-24)15-23(32)21-12-18-13-28-33(22(18)11-17(21)3)20-7-5-19(26)6-8-20/h5-8,11-14,16,23H,9-10,15H2,1-4H3. The van der Waals surface area contributed by atoms with Gasteiger partial charge in [0.1, 0.15) is 5.82 Å². The van der Waals surface area contributed by atoms with E-state index in [1.54, 1.807) is 35.0 Å². The SMILES string of the molecule is Cc1cc2c(cnn2-c2ccc(F)cc2)cc1C1CN(S(=O)(=O)c2cnn(C)n2)CCN1C(=O)C(C)C. The van der Waals surface area contributed by atoms with Crippen LogP contribution >= 0.6 is 0 Å². The van der Waals surface area contributed by atoms with E-state index in [0.717, 1.165) is 27.7 Å². The van der Waals surface area contributed by atoms with Crippen LogP contribution in [-0.4, -0.2) is 67.9 Å². The van der Waals surface area contributed by atoms with Crippen LogP contribution in [0.15, 0.2) is 53.8 Å². The maximum Gasteiger partial charge on any atom is 0.264 e. The summed E-state index contributed by atoms with van der Waals surface area (Å²) in [5.74, 6) is -0.606. The van der Waals surface area contributed by atoms with Crippen LogP contribution in [-0.2, 0) is 21.9 Å². The largest absolute Gasteiger partial charge is 0.333 e. The lowest BCUT2D eigenvalue weighted by atomic mass is 9.95. The number of rotatable bonds is 5. The molecule has 1 atom stereocenters. The Labute approximate surface area is 214 Å². The molecule has 194 valence electrons. The lowest BCUT2D eigenvalue weighted by Crippen LogP contribution is -2.53. The van der Waals surface area contributed by atoms with Gasteiger partial charge in [0.15, 0.2) is 0 Å². The number of aryl methyl sites for hydroxylation is 2. The van der Waals surface area contributed by atoms with Gasteiger partial charge in [-0.3, -0.25) is 4.79 Å². The van der Waals surface area contributed by atoms with Crippen molar-refractivity contribution in [1.82, 2.24) is 34.0 Å². The Hall–Kier alpha value is -3.64. The molecule has 37 heavy (non-hydrogen) atoms. The van der Waals surface area contributed by atoms with E-state index in [1.165, 1.54) is 27.4 Å². The molecule has 0 radical (unpaired) electrons. The summed E-state index contributed by atoms with van der Waals surface area (Å²) >= 11 is 0. The van der Waals surface area contributed by atoms with Crippen molar-refractivity contribution in [3.05, 3.63) is 65.7 Å². The first-order valence-electron chi connectivity index (χ1n) is 12.0. The number of hydrogen-bond donors (Lipinski definition) is 0. The molecule has 4 aromatic rings. The summed E-state index contributed by atoms with van der Waals surface area (Å²) in [5, 5.41) is 13.1. The molecule has 5 rings (SSSR count). The third-order valence-electron chi connectivity index (χ3n) is 6.69. The first-order valence-corrected chi connectivity index (χ1v) is 13.4. The van der Waals surface area contributed by atoms with Crippen molar-refractivity contribution in [3.8, 4) is 5.69 Å². The summed E-state index contributed by atoms with van der Waals surface area (Å²) in [7, 11) is -2.33. The average molecular weight is 526 g/mol. The Balaban J connectivity index is 1.56. The number of amides is 1. The van der Waals surface area contributed by atoms with Crippen LogP contribution in [0, 0.1) is 18.7 Å². The molecule has 1 amide bonds. The lowest BCUT2D eigenvalue weighted by Gasteiger charge is -2.42. The van der Waals surface area contributed by atoms with Crippen LogP contribution in [0.4, 0.5) is 4.39 Å². The second-order valence-electron chi connectivity index (χ2n) is 9.54. The molecule has 12 heteroatoms. The molecule has 1 fully saturated rings. The fourth-order valence-corrected chi connectivity index (χ4v) is 6.08. The smallest absolute Gasteiger partial charge is 0.264 e.